The van der Waals surface area contributed by atoms with Crippen molar-refractivity contribution in [2.24, 2.45) is 17.8 Å². The maximum atomic E-state index is 2.56. The van der Waals surface area contributed by atoms with Crippen molar-refractivity contribution in [1.29, 1.82) is 0 Å². The van der Waals surface area contributed by atoms with Gasteiger partial charge in [-0.15, -0.1) is 0 Å². The molecule has 1 heteroatoms. The molecule has 0 aromatic carbocycles. The Morgan fingerprint density at radius 3 is 1.88 bits per heavy atom. The van der Waals surface area contributed by atoms with Crippen LogP contribution in [0.25, 0.3) is 0 Å². The van der Waals surface area contributed by atoms with Gasteiger partial charge in [0.15, 0.2) is 0 Å². The van der Waals surface area contributed by atoms with E-state index in [1.807, 2.05) is 0 Å². The van der Waals surface area contributed by atoms with Gasteiger partial charge in [0.05, 0.1) is 0 Å². The van der Waals surface area contributed by atoms with E-state index >= 15 is 0 Å². The van der Waals surface area contributed by atoms with Gasteiger partial charge in [0, 0.05) is 0 Å². The van der Waals surface area contributed by atoms with Crippen LogP contribution in [0.2, 0.25) is 18.5 Å². The highest BCUT2D eigenvalue weighted by atomic mass is 14.3. The van der Waals surface area contributed by atoms with Crippen molar-refractivity contribution in [3.8, 4) is 0 Å². The summed E-state index contributed by atoms with van der Waals surface area (Å²) >= 11 is 0. The number of hydrogen-bond acceptors (Lipinski definition) is 0. The van der Waals surface area contributed by atoms with Crippen LogP contribution in [0.3, 0.4) is 0 Å². The van der Waals surface area contributed by atoms with Crippen molar-refractivity contribution in [3.05, 3.63) is 0 Å². The summed E-state index contributed by atoms with van der Waals surface area (Å²) in [5, 5.41) is 0. The van der Waals surface area contributed by atoms with Gasteiger partial charge in [-0.3, -0.25) is 0 Å². The molecule has 0 N–H and O–H groups in total. The molecule has 2 atom stereocenters. The SMILES string of the molecule is CB(C1CCCC1)C1C(C)CC(C)CC1C. The standard InChI is InChI=1S/C15H29B/c1-11-9-12(2)15(13(3)10-11)16(4)14-7-5-6-8-14/h11-15H,5-10H2,1-4H3. The lowest BCUT2D eigenvalue weighted by Crippen LogP contribution is -2.36. The van der Waals surface area contributed by atoms with Crippen LogP contribution in [0.4, 0.5) is 0 Å². The normalized spacial score (nSPS) is 41.2. The molecule has 2 rings (SSSR count). The van der Waals surface area contributed by atoms with Crippen LogP contribution in [0.1, 0.15) is 59.3 Å². The van der Waals surface area contributed by atoms with E-state index in [0.29, 0.717) is 0 Å². The molecule has 0 heterocycles. The van der Waals surface area contributed by atoms with E-state index in [0.717, 1.165) is 36.1 Å². The first-order valence-corrected chi connectivity index (χ1v) is 7.59. The van der Waals surface area contributed by atoms with Crippen LogP contribution in [-0.2, 0) is 0 Å². The molecule has 0 aromatic rings. The van der Waals surface area contributed by atoms with Crippen LogP contribution < -0.4 is 0 Å². The van der Waals surface area contributed by atoms with Crippen molar-refractivity contribution in [2.75, 3.05) is 0 Å². The molecule has 0 saturated heterocycles. The monoisotopic (exact) mass is 220 g/mol. The fraction of sp³-hybridized carbons (Fsp3) is 1.00. The molecular formula is C15H29B. The third-order valence-electron chi connectivity index (χ3n) is 5.61. The Morgan fingerprint density at radius 2 is 1.38 bits per heavy atom. The minimum atomic E-state index is 0.967. The fourth-order valence-electron chi connectivity index (χ4n) is 5.07. The van der Waals surface area contributed by atoms with Crippen LogP contribution in [0.5, 0.6) is 0 Å². The highest BCUT2D eigenvalue weighted by molar-refractivity contribution is 6.60. The van der Waals surface area contributed by atoms with Gasteiger partial charge < -0.3 is 0 Å². The summed E-state index contributed by atoms with van der Waals surface area (Å²) in [4.78, 5) is 0. The second kappa shape index (κ2) is 5.15. The molecule has 92 valence electrons. The lowest BCUT2D eigenvalue weighted by Gasteiger charge is -2.42. The second-order valence-corrected chi connectivity index (χ2v) is 7.01. The predicted octanol–water partition coefficient (Wildman–Crippen LogP) is 5.13. The molecular weight excluding hydrogens is 191 g/mol. The number of hydrogen-bond donors (Lipinski definition) is 0. The molecule has 0 aromatic heterocycles. The molecule has 16 heavy (non-hydrogen) atoms. The molecule has 0 radical (unpaired) electrons. The van der Waals surface area contributed by atoms with E-state index in [2.05, 4.69) is 27.6 Å². The van der Waals surface area contributed by atoms with Gasteiger partial charge in [-0.05, 0) is 30.6 Å². The average Bonchev–Trinajstić information content (AvgIpc) is 2.67. The lowest BCUT2D eigenvalue weighted by molar-refractivity contribution is 0.228. The summed E-state index contributed by atoms with van der Waals surface area (Å²) in [5.74, 6) is 4.98. The van der Waals surface area contributed by atoms with Crippen molar-refractivity contribution < 1.29 is 0 Å². The molecule has 2 fully saturated rings. The van der Waals surface area contributed by atoms with E-state index in [9.17, 15) is 0 Å². The fourth-order valence-corrected chi connectivity index (χ4v) is 5.07. The minimum Gasteiger partial charge on any atom is -0.0856 e. The highest BCUT2D eigenvalue weighted by Gasteiger charge is 2.39. The summed E-state index contributed by atoms with van der Waals surface area (Å²) < 4.78 is 0. The Bertz CT molecular complexity index is 207. The Hall–Kier alpha value is 0.0649. The highest BCUT2D eigenvalue weighted by Crippen LogP contribution is 2.48. The summed E-state index contributed by atoms with van der Waals surface area (Å²) in [5.41, 5.74) is 0. The molecule has 0 amide bonds. The Balaban J connectivity index is 2.00. The summed E-state index contributed by atoms with van der Waals surface area (Å²) in [6.07, 6.45) is 9.00. The molecule has 0 aliphatic heterocycles. The first-order chi connectivity index (χ1) is 7.59. The molecule has 0 spiro atoms. The largest absolute Gasteiger partial charge is 0.143 e. The van der Waals surface area contributed by atoms with Crippen LogP contribution in [-0.4, -0.2) is 6.71 Å². The molecule has 2 aliphatic carbocycles. The zero-order chi connectivity index (χ0) is 11.7. The zero-order valence-electron chi connectivity index (χ0n) is 11.7. The van der Waals surface area contributed by atoms with Gasteiger partial charge in [0.25, 0.3) is 0 Å². The Kier molecular flexibility index (Phi) is 4.03. The van der Waals surface area contributed by atoms with Crippen molar-refractivity contribution in [3.63, 3.8) is 0 Å². The smallest absolute Gasteiger partial charge is 0.0856 e. The molecule has 0 bridgehead atoms. The van der Waals surface area contributed by atoms with E-state index in [1.165, 1.54) is 38.5 Å². The molecule has 0 nitrogen and oxygen atoms in total. The first-order valence-electron chi connectivity index (χ1n) is 7.59. The van der Waals surface area contributed by atoms with E-state index < -0.39 is 0 Å². The molecule has 2 unspecified atom stereocenters. The van der Waals surface area contributed by atoms with Gasteiger partial charge in [-0.2, -0.15) is 0 Å². The van der Waals surface area contributed by atoms with Crippen LogP contribution in [0.15, 0.2) is 0 Å². The Morgan fingerprint density at radius 1 is 0.875 bits per heavy atom. The maximum absolute atomic E-state index is 2.56. The lowest BCUT2D eigenvalue weighted by atomic mass is 9.30. The molecule has 2 aliphatic rings. The van der Waals surface area contributed by atoms with Crippen LogP contribution >= 0.6 is 0 Å². The van der Waals surface area contributed by atoms with Crippen molar-refractivity contribution in [1.82, 2.24) is 0 Å². The van der Waals surface area contributed by atoms with Gasteiger partial charge in [-0.1, -0.05) is 64.9 Å². The summed E-state index contributed by atoms with van der Waals surface area (Å²) in [6, 6.07) is 0. The van der Waals surface area contributed by atoms with E-state index in [-0.39, 0.29) is 0 Å². The first kappa shape index (κ1) is 12.5. The van der Waals surface area contributed by atoms with Crippen LogP contribution in [0, 0.1) is 17.8 Å². The molecule has 2 saturated carbocycles. The number of rotatable bonds is 2. The average molecular weight is 220 g/mol. The maximum Gasteiger partial charge on any atom is 0.143 e. The van der Waals surface area contributed by atoms with Gasteiger partial charge in [0.1, 0.15) is 6.71 Å². The minimum absolute atomic E-state index is 0.967. The summed E-state index contributed by atoms with van der Waals surface area (Å²) in [7, 11) is 0. The predicted molar refractivity (Wildman–Crippen MR) is 74.3 cm³/mol. The van der Waals surface area contributed by atoms with Gasteiger partial charge >= 0.3 is 0 Å². The van der Waals surface area contributed by atoms with Gasteiger partial charge in [0.2, 0.25) is 0 Å². The third-order valence-corrected chi connectivity index (χ3v) is 5.61. The summed E-state index contributed by atoms with van der Waals surface area (Å²) in [6.45, 7) is 11.0. The quantitative estimate of drug-likeness (QED) is 0.566. The van der Waals surface area contributed by atoms with Gasteiger partial charge in [-0.25, -0.2) is 0 Å². The Labute approximate surface area is 103 Å². The van der Waals surface area contributed by atoms with Crippen molar-refractivity contribution >= 4 is 6.71 Å². The second-order valence-electron chi connectivity index (χ2n) is 7.01. The topological polar surface area (TPSA) is 0 Å². The van der Waals surface area contributed by atoms with Crippen molar-refractivity contribution in [2.45, 2.75) is 77.8 Å². The zero-order valence-corrected chi connectivity index (χ0v) is 11.7. The third kappa shape index (κ3) is 2.49. The van der Waals surface area contributed by atoms with E-state index in [4.69, 9.17) is 0 Å². The van der Waals surface area contributed by atoms with E-state index in [1.54, 1.807) is 0 Å².